The van der Waals surface area contributed by atoms with E-state index in [2.05, 4.69) is 52.8 Å². The van der Waals surface area contributed by atoms with Gasteiger partial charge in [-0.1, -0.05) is 33.6 Å². The molecular formula is C15H26BrNS. The number of rotatable bonds is 9. The number of hydrogen-bond donors (Lipinski definition) is 1. The van der Waals surface area contributed by atoms with Crippen molar-refractivity contribution in [3.8, 4) is 0 Å². The van der Waals surface area contributed by atoms with Crippen LogP contribution in [0.3, 0.4) is 0 Å². The maximum Gasteiger partial charge on any atom is 0.0368 e. The number of halogens is 1. The second-order valence-electron chi connectivity index (χ2n) is 4.94. The van der Waals surface area contributed by atoms with E-state index in [0.717, 1.165) is 12.5 Å². The summed E-state index contributed by atoms with van der Waals surface area (Å²) in [6, 6.07) is 0.519. The van der Waals surface area contributed by atoms with E-state index < -0.39 is 0 Å². The predicted molar refractivity (Wildman–Crippen MR) is 86.4 cm³/mol. The molecule has 1 rings (SSSR count). The molecule has 1 aromatic heterocycles. The smallest absolute Gasteiger partial charge is 0.0368 e. The highest BCUT2D eigenvalue weighted by Crippen LogP contribution is 2.35. The zero-order chi connectivity index (χ0) is 13.4. The number of nitrogens with one attached hydrogen (secondary N) is 1. The molecule has 0 saturated carbocycles. The molecule has 1 aromatic rings. The SMILES string of the molecule is CCCNC(c1cscc1Br)C(CCC)CCC. The van der Waals surface area contributed by atoms with E-state index in [1.807, 2.05) is 0 Å². The van der Waals surface area contributed by atoms with Crippen LogP contribution in [0, 0.1) is 5.92 Å². The average Bonchev–Trinajstić information content (AvgIpc) is 2.77. The lowest BCUT2D eigenvalue weighted by Crippen LogP contribution is -2.29. The lowest BCUT2D eigenvalue weighted by Gasteiger charge is -2.28. The van der Waals surface area contributed by atoms with Crippen LogP contribution < -0.4 is 5.32 Å². The third kappa shape index (κ3) is 4.67. The Balaban J connectivity index is 2.84. The van der Waals surface area contributed by atoms with E-state index in [1.54, 1.807) is 11.3 Å². The van der Waals surface area contributed by atoms with Crippen molar-refractivity contribution in [3.63, 3.8) is 0 Å². The first kappa shape index (κ1) is 16.2. The van der Waals surface area contributed by atoms with Crippen LogP contribution in [0.1, 0.15) is 64.5 Å². The van der Waals surface area contributed by atoms with Gasteiger partial charge >= 0.3 is 0 Å². The van der Waals surface area contributed by atoms with Gasteiger partial charge in [0.05, 0.1) is 0 Å². The van der Waals surface area contributed by atoms with Crippen molar-refractivity contribution in [2.45, 2.75) is 58.9 Å². The second-order valence-corrected chi connectivity index (χ2v) is 6.54. The Morgan fingerprint density at radius 2 is 1.78 bits per heavy atom. The van der Waals surface area contributed by atoms with Crippen molar-refractivity contribution in [2.24, 2.45) is 5.92 Å². The summed E-state index contributed by atoms with van der Waals surface area (Å²) in [5.74, 6) is 0.762. The number of thiophene rings is 1. The topological polar surface area (TPSA) is 12.0 Å². The summed E-state index contributed by atoms with van der Waals surface area (Å²) in [7, 11) is 0. The molecule has 1 N–H and O–H groups in total. The lowest BCUT2D eigenvalue weighted by atomic mass is 9.87. The molecule has 0 fully saturated rings. The summed E-state index contributed by atoms with van der Waals surface area (Å²) >= 11 is 5.49. The third-order valence-electron chi connectivity index (χ3n) is 3.38. The Hall–Kier alpha value is 0.140. The predicted octanol–water partition coefficient (Wildman–Crippen LogP) is 5.77. The van der Waals surface area contributed by atoms with Gasteiger partial charge in [0.1, 0.15) is 0 Å². The van der Waals surface area contributed by atoms with E-state index in [4.69, 9.17) is 0 Å². The van der Waals surface area contributed by atoms with Crippen molar-refractivity contribution in [3.05, 3.63) is 20.8 Å². The lowest BCUT2D eigenvalue weighted by molar-refractivity contribution is 0.316. The van der Waals surface area contributed by atoms with Gasteiger partial charge in [-0.2, -0.15) is 11.3 Å². The van der Waals surface area contributed by atoms with Crippen molar-refractivity contribution in [2.75, 3.05) is 6.54 Å². The van der Waals surface area contributed by atoms with Crippen LogP contribution in [0.2, 0.25) is 0 Å². The maximum atomic E-state index is 3.76. The molecule has 0 bridgehead atoms. The standard InChI is InChI=1S/C15H26BrNS/c1-4-7-12(8-5-2)15(17-9-6-3)13-10-18-11-14(13)16/h10-12,15,17H,4-9H2,1-3H3. The molecule has 0 aromatic carbocycles. The largest absolute Gasteiger partial charge is 0.310 e. The Morgan fingerprint density at radius 3 is 2.22 bits per heavy atom. The zero-order valence-electron chi connectivity index (χ0n) is 11.8. The maximum absolute atomic E-state index is 3.76. The van der Waals surface area contributed by atoms with Gasteiger partial charge < -0.3 is 5.32 Å². The van der Waals surface area contributed by atoms with Crippen LogP contribution in [0.15, 0.2) is 15.2 Å². The highest BCUT2D eigenvalue weighted by molar-refractivity contribution is 9.10. The van der Waals surface area contributed by atoms with Gasteiger partial charge in [-0.05, 0) is 58.6 Å². The van der Waals surface area contributed by atoms with E-state index in [1.165, 1.54) is 42.1 Å². The van der Waals surface area contributed by atoms with Crippen LogP contribution in [0.4, 0.5) is 0 Å². The first-order valence-electron chi connectivity index (χ1n) is 7.19. The Morgan fingerprint density at radius 1 is 1.11 bits per heavy atom. The van der Waals surface area contributed by atoms with Gasteiger partial charge in [-0.25, -0.2) is 0 Å². The van der Waals surface area contributed by atoms with E-state index in [0.29, 0.717) is 6.04 Å². The normalized spacial score (nSPS) is 13.2. The van der Waals surface area contributed by atoms with Crippen LogP contribution in [-0.4, -0.2) is 6.54 Å². The molecule has 18 heavy (non-hydrogen) atoms. The Kier molecular flexibility index (Phi) is 8.20. The van der Waals surface area contributed by atoms with Gasteiger partial charge in [0.25, 0.3) is 0 Å². The minimum Gasteiger partial charge on any atom is -0.310 e. The minimum atomic E-state index is 0.519. The Bertz CT molecular complexity index is 318. The van der Waals surface area contributed by atoms with Crippen molar-refractivity contribution in [1.29, 1.82) is 0 Å². The zero-order valence-corrected chi connectivity index (χ0v) is 14.2. The summed E-state index contributed by atoms with van der Waals surface area (Å²) in [5.41, 5.74) is 1.46. The summed E-state index contributed by atoms with van der Waals surface area (Å²) < 4.78 is 1.28. The first-order chi connectivity index (χ1) is 8.74. The van der Waals surface area contributed by atoms with Crippen LogP contribution in [-0.2, 0) is 0 Å². The van der Waals surface area contributed by atoms with Crippen molar-refractivity contribution < 1.29 is 0 Å². The molecule has 0 saturated heterocycles. The summed E-state index contributed by atoms with van der Waals surface area (Å²) in [4.78, 5) is 0. The molecule has 1 atom stereocenters. The molecule has 104 valence electrons. The minimum absolute atomic E-state index is 0.519. The summed E-state index contributed by atoms with van der Waals surface area (Å²) in [6.45, 7) is 7.93. The molecule has 1 nitrogen and oxygen atoms in total. The quantitative estimate of drug-likeness (QED) is 0.605. The van der Waals surface area contributed by atoms with Gasteiger partial charge in [0.15, 0.2) is 0 Å². The van der Waals surface area contributed by atoms with Gasteiger partial charge in [0.2, 0.25) is 0 Å². The van der Waals surface area contributed by atoms with Gasteiger partial charge in [-0.3, -0.25) is 0 Å². The van der Waals surface area contributed by atoms with Crippen LogP contribution in [0.25, 0.3) is 0 Å². The van der Waals surface area contributed by atoms with E-state index in [-0.39, 0.29) is 0 Å². The highest BCUT2D eigenvalue weighted by Gasteiger charge is 2.23. The highest BCUT2D eigenvalue weighted by atomic mass is 79.9. The fourth-order valence-corrected chi connectivity index (χ4v) is 4.14. The second kappa shape index (κ2) is 9.11. The van der Waals surface area contributed by atoms with Gasteiger partial charge in [-0.15, -0.1) is 0 Å². The fourth-order valence-electron chi connectivity index (χ4n) is 2.56. The Labute approximate surface area is 125 Å². The third-order valence-corrected chi connectivity index (χ3v) is 5.13. The van der Waals surface area contributed by atoms with Crippen LogP contribution >= 0.6 is 27.3 Å². The average molecular weight is 332 g/mol. The van der Waals surface area contributed by atoms with Crippen molar-refractivity contribution >= 4 is 27.3 Å². The molecule has 0 amide bonds. The fraction of sp³-hybridized carbons (Fsp3) is 0.733. The van der Waals surface area contributed by atoms with Crippen LogP contribution in [0.5, 0.6) is 0 Å². The molecule has 0 radical (unpaired) electrons. The van der Waals surface area contributed by atoms with Gasteiger partial charge in [0, 0.05) is 15.9 Å². The molecule has 0 aliphatic carbocycles. The molecule has 0 aliphatic rings. The first-order valence-corrected chi connectivity index (χ1v) is 8.93. The molecule has 0 spiro atoms. The monoisotopic (exact) mass is 331 g/mol. The molecule has 1 unspecified atom stereocenters. The summed E-state index contributed by atoms with van der Waals surface area (Å²) in [5, 5.41) is 8.26. The van der Waals surface area contributed by atoms with Crippen molar-refractivity contribution in [1.82, 2.24) is 5.32 Å². The molecule has 3 heteroatoms. The van der Waals surface area contributed by atoms with E-state index >= 15 is 0 Å². The number of hydrogen-bond acceptors (Lipinski definition) is 2. The molecule has 1 heterocycles. The molecule has 0 aliphatic heterocycles. The summed E-state index contributed by atoms with van der Waals surface area (Å²) in [6.07, 6.45) is 6.38. The molecular weight excluding hydrogens is 306 g/mol. The van der Waals surface area contributed by atoms with E-state index in [9.17, 15) is 0 Å².